The summed E-state index contributed by atoms with van der Waals surface area (Å²) < 4.78 is 1.51. The molecule has 1 aliphatic rings. The van der Waals surface area contributed by atoms with Crippen LogP contribution in [0.1, 0.15) is 21.7 Å². The van der Waals surface area contributed by atoms with E-state index in [4.69, 9.17) is 5.11 Å². The fourth-order valence-corrected chi connectivity index (χ4v) is 2.41. The molecule has 6 heteroatoms. The van der Waals surface area contributed by atoms with Gasteiger partial charge in [0.05, 0.1) is 31.1 Å². The lowest BCUT2D eigenvalue weighted by Crippen LogP contribution is -2.30. The summed E-state index contributed by atoms with van der Waals surface area (Å²) in [6.07, 6.45) is 0. The van der Waals surface area contributed by atoms with E-state index in [2.05, 4.69) is 15.4 Å². The number of aryl methyl sites for hydroxylation is 1. The van der Waals surface area contributed by atoms with Gasteiger partial charge in [-0.05, 0) is 12.5 Å². The summed E-state index contributed by atoms with van der Waals surface area (Å²) in [6.45, 7) is 2.39. The number of carbonyl (C=O) groups is 1. The molecular weight excluding hydrogens is 268 g/mol. The highest BCUT2D eigenvalue weighted by Crippen LogP contribution is 2.26. The number of nitrogens with zero attached hydrogens (tertiary/aromatic N) is 3. The van der Waals surface area contributed by atoms with Crippen molar-refractivity contribution in [3.8, 4) is 0 Å². The zero-order chi connectivity index (χ0) is 14.8. The Balaban J connectivity index is 2.11. The molecule has 0 aliphatic carbocycles. The molecule has 1 aromatic carbocycles. The van der Waals surface area contributed by atoms with Crippen LogP contribution in [0.3, 0.4) is 0 Å². The summed E-state index contributed by atoms with van der Waals surface area (Å²) >= 11 is 0. The number of hydrogen-bond acceptors (Lipinski definition) is 4. The Morgan fingerprint density at radius 2 is 2.10 bits per heavy atom. The molecule has 0 bridgehead atoms. The number of aromatic nitrogens is 2. The van der Waals surface area contributed by atoms with Gasteiger partial charge in [0.15, 0.2) is 5.69 Å². The number of aliphatic imine (C=N–C) groups is 1. The Morgan fingerprint density at radius 1 is 1.33 bits per heavy atom. The Kier molecular flexibility index (Phi) is 3.53. The summed E-state index contributed by atoms with van der Waals surface area (Å²) in [5.74, 6) is -0.214. The molecule has 6 nitrogen and oxygen atoms in total. The van der Waals surface area contributed by atoms with Crippen molar-refractivity contribution in [2.75, 3.05) is 13.2 Å². The number of nitrogens with one attached hydrogen (secondary N) is 1. The van der Waals surface area contributed by atoms with Crippen LogP contribution in [-0.4, -0.2) is 39.7 Å². The van der Waals surface area contributed by atoms with Gasteiger partial charge in [0.25, 0.3) is 5.91 Å². The third kappa shape index (κ3) is 2.45. The Hall–Kier alpha value is -2.47. The van der Waals surface area contributed by atoms with Gasteiger partial charge in [0.1, 0.15) is 5.69 Å². The van der Waals surface area contributed by atoms with Gasteiger partial charge in [-0.2, -0.15) is 5.10 Å². The summed E-state index contributed by atoms with van der Waals surface area (Å²) in [4.78, 5) is 16.9. The van der Waals surface area contributed by atoms with Gasteiger partial charge in [-0.1, -0.05) is 30.3 Å². The number of benzene rings is 1. The number of carbonyl (C=O) groups excluding carboxylic acids is 1. The Labute approximate surface area is 122 Å². The van der Waals surface area contributed by atoms with Crippen molar-refractivity contribution in [2.45, 2.75) is 13.5 Å². The van der Waals surface area contributed by atoms with Gasteiger partial charge in [0, 0.05) is 0 Å². The molecule has 3 rings (SSSR count). The largest absolute Gasteiger partial charge is 0.394 e. The van der Waals surface area contributed by atoms with Crippen LogP contribution in [-0.2, 0) is 6.54 Å². The first kappa shape index (κ1) is 13.5. The van der Waals surface area contributed by atoms with Crippen LogP contribution in [0.5, 0.6) is 0 Å². The molecule has 21 heavy (non-hydrogen) atoms. The zero-order valence-corrected chi connectivity index (χ0v) is 11.7. The lowest BCUT2D eigenvalue weighted by atomic mass is 10.1. The average molecular weight is 284 g/mol. The van der Waals surface area contributed by atoms with Crippen LogP contribution in [0.2, 0.25) is 0 Å². The van der Waals surface area contributed by atoms with Crippen LogP contribution in [0.25, 0.3) is 0 Å². The molecular formula is C15H16N4O2. The van der Waals surface area contributed by atoms with E-state index in [0.717, 1.165) is 11.3 Å². The number of aliphatic hydroxyl groups is 1. The highest BCUT2D eigenvalue weighted by Gasteiger charge is 2.25. The van der Waals surface area contributed by atoms with E-state index in [9.17, 15) is 4.79 Å². The van der Waals surface area contributed by atoms with E-state index in [0.29, 0.717) is 23.6 Å². The third-order valence-corrected chi connectivity index (χ3v) is 3.39. The van der Waals surface area contributed by atoms with Gasteiger partial charge in [0.2, 0.25) is 0 Å². The highest BCUT2D eigenvalue weighted by atomic mass is 16.3. The monoisotopic (exact) mass is 284 g/mol. The molecule has 0 saturated heterocycles. The highest BCUT2D eigenvalue weighted by molar-refractivity contribution is 6.10. The average Bonchev–Trinajstić information content (AvgIpc) is 2.68. The van der Waals surface area contributed by atoms with Crippen LogP contribution in [0, 0.1) is 6.92 Å². The SMILES string of the molecule is Cc1nn(CCO)c2c1N=C(c1ccccc1)CNC2=O. The molecule has 0 atom stereocenters. The maximum absolute atomic E-state index is 12.3. The number of hydrogen-bond donors (Lipinski definition) is 2. The van der Waals surface area contributed by atoms with E-state index in [1.807, 2.05) is 37.3 Å². The van der Waals surface area contributed by atoms with Crippen LogP contribution in [0.15, 0.2) is 35.3 Å². The topological polar surface area (TPSA) is 79.5 Å². The molecule has 0 saturated carbocycles. The zero-order valence-electron chi connectivity index (χ0n) is 11.7. The molecule has 0 fully saturated rings. The number of aliphatic hydroxyl groups excluding tert-OH is 1. The summed E-state index contributed by atoms with van der Waals surface area (Å²) in [6, 6.07) is 9.74. The van der Waals surface area contributed by atoms with Gasteiger partial charge >= 0.3 is 0 Å². The minimum atomic E-state index is -0.214. The van der Waals surface area contributed by atoms with Crippen molar-refractivity contribution in [1.29, 1.82) is 0 Å². The smallest absolute Gasteiger partial charge is 0.272 e. The molecule has 2 aromatic rings. The molecule has 0 unspecified atom stereocenters. The van der Waals surface area contributed by atoms with E-state index in [-0.39, 0.29) is 19.1 Å². The minimum Gasteiger partial charge on any atom is -0.394 e. The van der Waals surface area contributed by atoms with Crippen molar-refractivity contribution in [1.82, 2.24) is 15.1 Å². The predicted octanol–water partition coefficient (Wildman–Crippen LogP) is 1.05. The molecule has 1 aliphatic heterocycles. The lowest BCUT2D eigenvalue weighted by Gasteiger charge is -2.06. The van der Waals surface area contributed by atoms with Crippen LogP contribution < -0.4 is 5.32 Å². The van der Waals surface area contributed by atoms with Crippen LogP contribution >= 0.6 is 0 Å². The Morgan fingerprint density at radius 3 is 2.81 bits per heavy atom. The molecule has 1 aromatic heterocycles. The second-order valence-electron chi connectivity index (χ2n) is 4.84. The Bertz CT molecular complexity index is 704. The number of amides is 1. The standard InChI is InChI=1S/C15H16N4O2/c1-10-13-14(19(18-10)7-8-20)15(21)16-9-12(17-13)11-5-3-2-4-6-11/h2-6,20H,7-9H2,1H3,(H,16,21). The summed E-state index contributed by atoms with van der Waals surface area (Å²) in [7, 11) is 0. The van der Waals surface area contributed by atoms with Crippen molar-refractivity contribution in [2.24, 2.45) is 4.99 Å². The predicted molar refractivity (Wildman–Crippen MR) is 79.0 cm³/mol. The maximum Gasteiger partial charge on any atom is 0.272 e. The second-order valence-corrected chi connectivity index (χ2v) is 4.84. The fraction of sp³-hybridized carbons (Fsp3) is 0.267. The quantitative estimate of drug-likeness (QED) is 0.884. The molecule has 0 radical (unpaired) electrons. The first-order chi connectivity index (χ1) is 10.2. The molecule has 0 spiro atoms. The molecule has 108 valence electrons. The molecule has 2 N–H and O–H groups in total. The van der Waals surface area contributed by atoms with E-state index < -0.39 is 0 Å². The van der Waals surface area contributed by atoms with E-state index in [1.165, 1.54) is 4.68 Å². The van der Waals surface area contributed by atoms with Crippen molar-refractivity contribution >= 4 is 17.3 Å². The van der Waals surface area contributed by atoms with Crippen molar-refractivity contribution in [3.05, 3.63) is 47.3 Å². The molecule has 2 heterocycles. The first-order valence-electron chi connectivity index (χ1n) is 6.80. The second kappa shape index (κ2) is 5.49. The van der Waals surface area contributed by atoms with Crippen molar-refractivity contribution in [3.63, 3.8) is 0 Å². The lowest BCUT2D eigenvalue weighted by molar-refractivity contribution is 0.0948. The normalized spacial score (nSPS) is 14.2. The van der Waals surface area contributed by atoms with Gasteiger partial charge < -0.3 is 10.4 Å². The minimum absolute atomic E-state index is 0.0733. The van der Waals surface area contributed by atoms with Gasteiger partial charge in [-0.15, -0.1) is 0 Å². The van der Waals surface area contributed by atoms with Gasteiger partial charge in [-0.25, -0.2) is 4.99 Å². The maximum atomic E-state index is 12.3. The van der Waals surface area contributed by atoms with E-state index >= 15 is 0 Å². The first-order valence-corrected chi connectivity index (χ1v) is 6.80. The number of rotatable bonds is 3. The van der Waals surface area contributed by atoms with Crippen LogP contribution in [0.4, 0.5) is 5.69 Å². The molecule has 1 amide bonds. The third-order valence-electron chi connectivity index (χ3n) is 3.39. The summed E-state index contributed by atoms with van der Waals surface area (Å²) in [5.41, 5.74) is 3.45. The van der Waals surface area contributed by atoms with E-state index in [1.54, 1.807) is 0 Å². The fourth-order valence-electron chi connectivity index (χ4n) is 2.41. The van der Waals surface area contributed by atoms with Crippen molar-refractivity contribution < 1.29 is 9.90 Å². The summed E-state index contributed by atoms with van der Waals surface area (Å²) in [5, 5.41) is 16.2. The van der Waals surface area contributed by atoms with Gasteiger partial charge in [-0.3, -0.25) is 9.48 Å². The number of fused-ring (bicyclic) bond motifs is 1.